The number of hydrogen-bond donors (Lipinski definition) is 1. The smallest absolute Gasteiger partial charge is 0.129 e. The van der Waals surface area contributed by atoms with Crippen molar-refractivity contribution in [2.75, 3.05) is 26.2 Å². The molecule has 3 nitrogen and oxygen atoms in total. The van der Waals surface area contributed by atoms with E-state index in [1.807, 2.05) is 24.3 Å². The Kier molecular flexibility index (Phi) is 5.61. The number of hydrogen-bond acceptors (Lipinski definition) is 3. The zero-order valence-electron chi connectivity index (χ0n) is 11.3. The van der Waals surface area contributed by atoms with Gasteiger partial charge in [0.05, 0.1) is 12.2 Å². The van der Waals surface area contributed by atoms with Crippen LogP contribution < -0.4 is 10.5 Å². The lowest BCUT2D eigenvalue weighted by atomic mass is 10.1. The minimum Gasteiger partial charge on any atom is -0.493 e. The molecule has 2 N–H and O–H groups in total. The van der Waals surface area contributed by atoms with Crippen LogP contribution in [-0.4, -0.2) is 36.1 Å². The van der Waals surface area contributed by atoms with Crippen LogP contribution in [0.2, 0.25) is 0 Å². The van der Waals surface area contributed by atoms with Crippen molar-refractivity contribution in [1.82, 2.24) is 4.90 Å². The first-order valence-electron chi connectivity index (χ1n) is 7.01. The number of para-hydroxylation sites is 1. The highest BCUT2D eigenvalue weighted by atomic mass is 32.1. The van der Waals surface area contributed by atoms with Crippen LogP contribution >= 0.6 is 12.2 Å². The van der Waals surface area contributed by atoms with E-state index in [0.717, 1.165) is 30.9 Å². The standard InChI is InChI=1S/C15H22N2OS/c16-15(19)13-7-2-3-8-14(13)18-12-6-11-17-9-4-1-5-10-17/h2-3,7-8H,1,4-6,9-12H2,(H2,16,19). The van der Waals surface area contributed by atoms with Gasteiger partial charge in [-0.25, -0.2) is 0 Å². The molecule has 1 aromatic rings. The van der Waals surface area contributed by atoms with Crippen LogP contribution in [0.4, 0.5) is 0 Å². The molecule has 0 amide bonds. The number of nitrogens with two attached hydrogens (primary N) is 1. The maximum Gasteiger partial charge on any atom is 0.129 e. The number of nitrogens with zero attached hydrogens (tertiary/aromatic N) is 1. The number of likely N-dealkylation sites (tertiary alicyclic amines) is 1. The van der Waals surface area contributed by atoms with Crippen LogP contribution in [0.3, 0.4) is 0 Å². The maximum atomic E-state index is 5.80. The molecule has 1 aliphatic rings. The Morgan fingerprint density at radius 2 is 1.95 bits per heavy atom. The van der Waals surface area contributed by atoms with Gasteiger partial charge in [-0.1, -0.05) is 30.8 Å². The molecule has 1 aromatic carbocycles. The van der Waals surface area contributed by atoms with Crippen molar-refractivity contribution in [3.63, 3.8) is 0 Å². The summed E-state index contributed by atoms with van der Waals surface area (Å²) >= 11 is 5.02. The Morgan fingerprint density at radius 1 is 1.21 bits per heavy atom. The molecule has 0 aromatic heterocycles. The molecule has 0 bridgehead atoms. The zero-order chi connectivity index (χ0) is 13.5. The van der Waals surface area contributed by atoms with Crippen molar-refractivity contribution in [2.45, 2.75) is 25.7 Å². The van der Waals surface area contributed by atoms with Crippen LogP contribution in [0, 0.1) is 0 Å². The Bertz CT molecular complexity index is 416. The van der Waals surface area contributed by atoms with Gasteiger partial charge in [-0.05, 0) is 44.5 Å². The Morgan fingerprint density at radius 3 is 2.68 bits per heavy atom. The third kappa shape index (κ3) is 4.48. The monoisotopic (exact) mass is 278 g/mol. The summed E-state index contributed by atoms with van der Waals surface area (Å²) < 4.78 is 5.80. The lowest BCUT2D eigenvalue weighted by molar-refractivity contribution is 0.205. The van der Waals surface area contributed by atoms with Crippen LogP contribution in [0.25, 0.3) is 0 Å². The van der Waals surface area contributed by atoms with E-state index in [1.165, 1.54) is 32.4 Å². The average molecular weight is 278 g/mol. The molecule has 1 heterocycles. The van der Waals surface area contributed by atoms with E-state index in [1.54, 1.807) is 0 Å². The average Bonchev–Trinajstić information content (AvgIpc) is 2.45. The van der Waals surface area contributed by atoms with Gasteiger partial charge >= 0.3 is 0 Å². The van der Waals surface area contributed by atoms with E-state index in [0.29, 0.717) is 4.99 Å². The first-order chi connectivity index (χ1) is 9.27. The molecule has 1 aliphatic heterocycles. The summed E-state index contributed by atoms with van der Waals surface area (Å²) in [7, 11) is 0. The fourth-order valence-corrected chi connectivity index (χ4v) is 2.62. The Labute approximate surface area is 120 Å². The van der Waals surface area contributed by atoms with E-state index in [2.05, 4.69) is 4.90 Å². The van der Waals surface area contributed by atoms with E-state index in [9.17, 15) is 0 Å². The number of benzene rings is 1. The van der Waals surface area contributed by atoms with Crippen LogP contribution in [0.5, 0.6) is 5.75 Å². The molecule has 4 heteroatoms. The molecular weight excluding hydrogens is 256 g/mol. The number of rotatable bonds is 6. The van der Waals surface area contributed by atoms with E-state index < -0.39 is 0 Å². The van der Waals surface area contributed by atoms with Gasteiger partial charge in [-0.3, -0.25) is 0 Å². The summed E-state index contributed by atoms with van der Waals surface area (Å²) in [6, 6.07) is 7.70. The Balaban J connectivity index is 1.74. The molecule has 0 aliphatic carbocycles. The van der Waals surface area contributed by atoms with Crippen molar-refractivity contribution < 1.29 is 4.74 Å². The SMILES string of the molecule is NC(=S)c1ccccc1OCCCN1CCCCC1. The second-order valence-electron chi connectivity index (χ2n) is 4.96. The lowest BCUT2D eigenvalue weighted by Crippen LogP contribution is -2.31. The molecule has 0 saturated carbocycles. The van der Waals surface area contributed by atoms with Gasteiger partial charge in [0.2, 0.25) is 0 Å². The topological polar surface area (TPSA) is 38.5 Å². The molecule has 2 rings (SSSR count). The number of thiocarbonyl (C=S) groups is 1. The third-order valence-electron chi connectivity index (χ3n) is 3.48. The molecule has 0 radical (unpaired) electrons. The van der Waals surface area contributed by atoms with Gasteiger partial charge in [-0.2, -0.15) is 0 Å². The van der Waals surface area contributed by atoms with Gasteiger partial charge in [-0.15, -0.1) is 0 Å². The zero-order valence-corrected chi connectivity index (χ0v) is 12.1. The van der Waals surface area contributed by atoms with E-state index in [-0.39, 0.29) is 0 Å². The number of piperidine rings is 1. The van der Waals surface area contributed by atoms with Crippen molar-refractivity contribution in [3.8, 4) is 5.75 Å². The van der Waals surface area contributed by atoms with Gasteiger partial charge in [0.15, 0.2) is 0 Å². The van der Waals surface area contributed by atoms with Crippen LogP contribution in [-0.2, 0) is 0 Å². The summed E-state index contributed by atoms with van der Waals surface area (Å²) in [6.45, 7) is 4.32. The quantitative estimate of drug-likeness (QED) is 0.641. The predicted molar refractivity (Wildman–Crippen MR) is 82.7 cm³/mol. The van der Waals surface area contributed by atoms with Gasteiger partial charge < -0.3 is 15.4 Å². The fraction of sp³-hybridized carbons (Fsp3) is 0.533. The van der Waals surface area contributed by atoms with Gasteiger partial charge in [0.1, 0.15) is 10.7 Å². The molecule has 1 saturated heterocycles. The fourth-order valence-electron chi connectivity index (χ4n) is 2.45. The Hall–Kier alpha value is -1.13. The maximum absolute atomic E-state index is 5.80. The summed E-state index contributed by atoms with van der Waals surface area (Å²) in [6.07, 6.45) is 5.11. The van der Waals surface area contributed by atoms with Crippen LogP contribution in [0.15, 0.2) is 24.3 Å². The molecule has 104 valence electrons. The molecule has 1 fully saturated rings. The highest BCUT2D eigenvalue weighted by Gasteiger charge is 2.09. The van der Waals surface area contributed by atoms with Crippen molar-refractivity contribution in [3.05, 3.63) is 29.8 Å². The van der Waals surface area contributed by atoms with Crippen molar-refractivity contribution in [2.24, 2.45) is 5.73 Å². The van der Waals surface area contributed by atoms with E-state index >= 15 is 0 Å². The second kappa shape index (κ2) is 7.46. The molecule has 19 heavy (non-hydrogen) atoms. The first-order valence-corrected chi connectivity index (χ1v) is 7.42. The highest BCUT2D eigenvalue weighted by Crippen LogP contribution is 2.18. The predicted octanol–water partition coefficient (Wildman–Crippen LogP) is 2.58. The molecule has 0 unspecified atom stereocenters. The summed E-state index contributed by atoms with van der Waals surface area (Å²) in [5, 5.41) is 0. The molecule has 0 atom stereocenters. The first kappa shape index (κ1) is 14.3. The van der Waals surface area contributed by atoms with Gasteiger partial charge in [0, 0.05) is 6.54 Å². The largest absolute Gasteiger partial charge is 0.493 e. The lowest BCUT2D eigenvalue weighted by Gasteiger charge is -2.26. The minimum absolute atomic E-state index is 0.395. The number of ether oxygens (including phenoxy) is 1. The summed E-state index contributed by atoms with van der Waals surface area (Å²) in [4.78, 5) is 2.92. The highest BCUT2D eigenvalue weighted by molar-refractivity contribution is 7.80. The summed E-state index contributed by atoms with van der Waals surface area (Å²) in [5.74, 6) is 0.800. The normalized spacial score (nSPS) is 16.2. The van der Waals surface area contributed by atoms with Crippen LogP contribution in [0.1, 0.15) is 31.2 Å². The van der Waals surface area contributed by atoms with Gasteiger partial charge in [0.25, 0.3) is 0 Å². The van der Waals surface area contributed by atoms with Crippen molar-refractivity contribution in [1.29, 1.82) is 0 Å². The summed E-state index contributed by atoms with van der Waals surface area (Å²) in [5.41, 5.74) is 6.51. The molecule has 0 spiro atoms. The van der Waals surface area contributed by atoms with Crippen molar-refractivity contribution >= 4 is 17.2 Å². The van der Waals surface area contributed by atoms with E-state index in [4.69, 9.17) is 22.7 Å². The minimum atomic E-state index is 0.395. The molecular formula is C15H22N2OS. The second-order valence-corrected chi connectivity index (χ2v) is 5.40. The third-order valence-corrected chi connectivity index (χ3v) is 3.70.